The summed E-state index contributed by atoms with van der Waals surface area (Å²) >= 11 is 2.42. The minimum atomic E-state index is -0.925. The molecule has 4 nitrogen and oxygen atoms in total. The van der Waals surface area contributed by atoms with E-state index in [-0.39, 0.29) is 12.8 Å². The van der Waals surface area contributed by atoms with Crippen molar-refractivity contribution in [1.82, 2.24) is 0 Å². The summed E-state index contributed by atoms with van der Waals surface area (Å²) in [7, 11) is 0. The molecule has 0 aromatic rings. The minimum absolute atomic E-state index is 0.212. The van der Waals surface area contributed by atoms with Gasteiger partial charge >= 0.3 is 22.1 Å². The molecule has 0 N–H and O–H groups in total. The van der Waals surface area contributed by atoms with E-state index in [1.807, 2.05) is 5.79 Å². The summed E-state index contributed by atoms with van der Waals surface area (Å²) < 4.78 is 0. The third-order valence-electron chi connectivity index (χ3n) is 3.62. The quantitative estimate of drug-likeness (QED) is 0.425. The van der Waals surface area contributed by atoms with Crippen LogP contribution in [0.25, 0.3) is 0 Å². The van der Waals surface area contributed by atoms with Crippen LogP contribution in [0.2, 0.25) is 5.79 Å². The maximum atomic E-state index is 10.0. The molecule has 0 saturated carbocycles. The van der Waals surface area contributed by atoms with E-state index in [1.165, 1.54) is 12.8 Å². The molecule has 0 aliphatic heterocycles. The van der Waals surface area contributed by atoms with Gasteiger partial charge in [0.05, 0.1) is 0 Å². The summed E-state index contributed by atoms with van der Waals surface area (Å²) in [6, 6.07) is 0. The van der Waals surface area contributed by atoms with Crippen molar-refractivity contribution in [3.63, 3.8) is 0 Å². The second-order valence-electron chi connectivity index (χ2n) is 8.99. The van der Waals surface area contributed by atoms with Crippen molar-refractivity contribution in [2.24, 2.45) is 10.8 Å². The number of carbonyl (C=O) groups is 2. The first-order valence-electron chi connectivity index (χ1n) is 9.81. The maximum absolute atomic E-state index is 10.0. The summed E-state index contributed by atoms with van der Waals surface area (Å²) in [6.07, 6.45) is 8.54. The number of hydrogen-bond donors (Lipinski definition) is 0. The molecule has 0 atom stereocenters. The molecule has 152 valence electrons. The topological polar surface area (TPSA) is 80.3 Å². The van der Waals surface area contributed by atoms with Gasteiger partial charge in [-0.25, -0.2) is 0 Å². The van der Waals surface area contributed by atoms with E-state index in [2.05, 4.69) is 57.8 Å². The number of hydrogen-bond acceptors (Lipinski definition) is 4. The Morgan fingerprint density at radius 2 is 0.885 bits per heavy atom. The van der Waals surface area contributed by atoms with Crippen molar-refractivity contribution >= 4 is 28.2 Å². The van der Waals surface area contributed by atoms with Crippen molar-refractivity contribution < 1.29 is 19.8 Å². The molecule has 0 fully saturated rings. The predicted molar refractivity (Wildman–Crippen MR) is 107 cm³/mol. The van der Waals surface area contributed by atoms with Gasteiger partial charge in [-0.1, -0.05) is 67.2 Å². The molecule has 0 unspecified atom stereocenters. The molecule has 0 aromatic carbocycles. The van der Waals surface area contributed by atoms with Gasteiger partial charge in [-0.05, 0) is 49.4 Å². The predicted octanol–water partition coefficient (Wildman–Crippen LogP) is 3.67. The Kier molecular flexibility index (Phi) is 20.8. The summed E-state index contributed by atoms with van der Waals surface area (Å²) in [6.45, 7) is 13.2. The molecule has 0 rings (SSSR count). The first kappa shape index (κ1) is 30.2. The fraction of sp³-hybridized carbons (Fsp3) is 0.905. The Hall–Kier alpha value is -0.528. The van der Waals surface area contributed by atoms with Gasteiger partial charge < -0.3 is 19.8 Å². The number of unbranched alkanes of at least 4 members (excludes halogenated alkanes) is 4. The van der Waals surface area contributed by atoms with Gasteiger partial charge in [0, 0.05) is 11.9 Å². The van der Waals surface area contributed by atoms with E-state index in [0.717, 1.165) is 38.5 Å². The van der Waals surface area contributed by atoms with Crippen molar-refractivity contribution in [1.29, 1.82) is 0 Å². The average molecular weight is 385 g/mol. The van der Waals surface area contributed by atoms with Crippen LogP contribution in [0, 0.1) is 10.8 Å². The van der Waals surface area contributed by atoms with E-state index >= 15 is 0 Å². The van der Waals surface area contributed by atoms with Gasteiger partial charge in [-0.3, -0.25) is 0 Å². The average Bonchev–Trinajstić information content (AvgIpc) is 2.46. The molecule has 0 amide bonds. The van der Waals surface area contributed by atoms with Gasteiger partial charge in [0.2, 0.25) is 0 Å². The normalized spacial score (nSPS) is 11.0. The molecule has 0 spiro atoms. The van der Waals surface area contributed by atoms with Crippen molar-refractivity contribution in [2.75, 3.05) is 0 Å². The summed E-state index contributed by atoms with van der Waals surface area (Å²) in [5, 5.41) is 20.1. The molecule has 26 heavy (non-hydrogen) atoms. The summed E-state index contributed by atoms with van der Waals surface area (Å²) in [4.78, 5) is 20.1. The Balaban J connectivity index is -0.000000371. The van der Waals surface area contributed by atoms with Crippen LogP contribution < -0.4 is 10.2 Å². The third-order valence-corrected chi connectivity index (χ3v) is 3.62. The molecule has 5 heteroatoms. The number of rotatable bonds is 10. The molecule has 0 heterocycles. The Morgan fingerprint density at radius 3 is 1.08 bits per heavy atom. The second kappa shape index (κ2) is 17.9. The zero-order valence-electron chi connectivity index (χ0n) is 18.3. The molecule has 0 radical (unpaired) electrons. The van der Waals surface area contributed by atoms with E-state index in [4.69, 9.17) is 0 Å². The monoisotopic (exact) mass is 384 g/mol. The summed E-state index contributed by atoms with van der Waals surface area (Å²) in [5.74, 6) is 0.0662. The molecule has 0 aliphatic carbocycles. The van der Waals surface area contributed by atoms with Crippen LogP contribution in [0.4, 0.5) is 0 Å². The zero-order chi connectivity index (χ0) is 21.2. The van der Waals surface area contributed by atoms with E-state index in [9.17, 15) is 19.8 Å². The van der Waals surface area contributed by atoms with Crippen LogP contribution in [0.5, 0.6) is 0 Å². The van der Waals surface area contributed by atoms with Crippen molar-refractivity contribution in [3.8, 4) is 0 Å². The van der Waals surface area contributed by atoms with E-state index in [0.29, 0.717) is 10.8 Å². The van der Waals surface area contributed by atoms with Crippen LogP contribution in [-0.2, 0) is 9.59 Å². The summed E-state index contributed by atoms with van der Waals surface area (Å²) in [5.41, 5.74) is 0.753. The van der Waals surface area contributed by atoms with Crippen molar-refractivity contribution in [3.05, 3.63) is 0 Å². The van der Waals surface area contributed by atoms with E-state index in [1.54, 1.807) is 0 Å². The molecular formula is C21H41AlO4. The number of carbonyl (C=O) groups excluding carboxylic acids is 2. The first-order valence-corrected chi connectivity index (χ1v) is 11.0. The van der Waals surface area contributed by atoms with Crippen LogP contribution in [0.15, 0.2) is 0 Å². The van der Waals surface area contributed by atoms with Gasteiger partial charge in [0.1, 0.15) is 0 Å². The Bertz CT molecular complexity index is 307. The Morgan fingerprint density at radius 1 is 0.615 bits per heavy atom. The molecule has 0 saturated heterocycles. The molecule has 0 aromatic heterocycles. The molecular weight excluding hydrogens is 343 g/mol. The van der Waals surface area contributed by atoms with Crippen molar-refractivity contribution in [2.45, 2.75) is 112 Å². The van der Waals surface area contributed by atoms with Crippen LogP contribution >= 0.6 is 0 Å². The van der Waals surface area contributed by atoms with Crippen LogP contribution in [0.1, 0.15) is 106 Å². The third kappa shape index (κ3) is 38.8. The number of aliphatic carboxylic acids is 2. The molecule has 0 bridgehead atoms. The van der Waals surface area contributed by atoms with Gasteiger partial charge in [-0.2, -0.15) is 0 Å². The fourth-order valence-electron chi connectivity index (χ4n) is 2.20. The zero-order valence-corrected chi connectivity index (χ0v) is 19.4. The van der Waals surface area contributed by atoms with Gasteiger partial charge in [-0.15, -0.1) is 0 Å². The standard InChI is InChI=1S/2C10H20O2.CH3.Al/c2*1-10(2,3)8-6-4-5-7-9(11)12;;/h2*4-8H2,1-3H3,(H,11,12);1H3;/q;;;+2/p-2. The second-order valence-corrected chi connectivity index (χ2v) is 8.99. The number of carboxylic acids is 2. The van der Waals surface area contributed by atoms with Crippen LogP contribution in [-0.4, -0.2) is 28.2 Å². The van der Waals surface area contributed by atoms with Gasteiger partial charge in [0.15, 0.2) is 0 Å². The first-order chi connectivity index (χ1) is 11.8. The number of carboxylic acid groups (broad SMARTS) is 2. The Labute approximate surface area is 170 Å². The van der Waals surface area contributed by atoms with Crippen LogP contribution in [0.3, 0.4) is 0 Å². The van der Waals surface area contributed by atoms with Gasteiger partial charge in [0.25, 0.3) is 0 Å². The SMILES string of the molecule is CC(C)(C)CCCCCC(=O)[O-].CC(C)(C)CCCCCC(=O)[O-].[CH3][Al+2]. The fourth-order valence-corrected chi connectivity index (χ4v) is 2.20. The van der Waals surface area contributed by atoms with E-state index < -0.39 is 11.9 Å². The molecule has 0 aliphatic rings.